The van der Waals surface area contributed by atoms with Crippen molar-refractivity contribution in [1.29, 1.82) is 0 Å². The molecule has 0 bridgehead atoms. The average molecular weight is 272 g/mol. The van der Waals surface area contributed by atoms with Gasteiger partial charge in [-0.3, -0.25) is 0 Å². The highest BCUT2D eigenvalue weighted by atomic mass is 32.1. The van der Waals surface area contributed by atoms with Gasteiger partial charge in [0.1, 0.15) is 17.3 Å². The number of H-pyrrole nitrogens is 1. The second kappa shape index (κ2) is 4.85. The van der Waals surface area contributed by atoms with Gasteiger partial charge in [-0.15, -0.1) is 11.3 Å². The zero-order valence-electron chi connectivity index (χ0n) is 10.3. The lowest BCUT2D eigenvalue weighted by Gasteiger charge is -2.01. The first kappa shape index (κ1) is 11.9. The molecule has 3 aromatic rings. The molecule has 0 amide bonds. The predicted octanol–water partition coefficient (Wildman–Crippen LogP) is 3.29. The lowest BCUT2D eigenvalue weighted by molar-refractivity contribution is 0.0465. The highest BCUT2D eigenvalue weighted by Gasteiger charge is 2.12. The van der Waals surface area contributed by atoms with Crippen LogP contribution >= 0.6 is 11.3 Å². The standard InChI is InChI=1S/C14H12N2O2S/c1-9-6-7-15-13(9)14(17)18-8-12-16-10-4-2-3-5-11(10)19-12/h2-7,15H,8H2,1H3. The molecule has 1 aromatic carbocycles. The number of ether oxygens (including phenoxy) is 1. The third-order valence-corrected chi connectivity index (χ3v) is 3.83. The Kier molecular flexibility index (Phi) is 3.05. The number of aromatic nitrogens is 2. The number of carbonyl (C=O) groups excluding carboxylic acids is 1. The van der Waals surface area contributed by atoms with E-state index in [-0.39, 0.29) is 12.6 Å². The van der Waals surface area contributed by atoms with E-state index in [1.54, 1.807) is 17.5 Å². The van der Waals surface area contributed by atoms with E-state index in [0.717, 1.165) is 20.8 Å². The van der Waals surface area contributed by atoms with Gasteiger partial charge in [0.2, 0.25) is 0 Å². The molecule has 2 aromatic heterocycles. The SMILES string of the molecule is Cc1cc[nH]c1C(=O)OCc1nc2ccccc2s1. The Morgan fingerprint density at radius 3 is 2.95 bits per heavy atom. The molecule has 3 rings (SSSR count). The van der Waals surface area contributed by atoms with Crippen LogP contribution in [-0.4, -0.2) is 15.9 Å². The molecular weight excluding hydrogens is 260 g/mol. The molecule has 4 nitrogen and oxygen atoms in total. The maximum atomic E-state index is 11.8. The van der Waals surface area contributed by atoms with Gasteiger partial charge in [0.15, 0.2) is 0 Å². The molecule has 0 unspecified atom stereocenters. The second-order valence-corrected chi connectivity index (χ2v) is 5.30. The lowest BCUT2D eigenvalue weighted by atomic mass is 10.3. The molecule has 0 saturated carbocycles. The van der Waals surface area contributed by atoms with Gasteiger partial charge in [-0.05, 0) is 30.7 Å². The van der Waals surface area contributed by atoms with E-state index in [2.05, 4.69) is 9.97 Å². The monoisotopic (exact) mass is 272 g/mol. The number of nitrogens with one attached hydrogen (secondary N) is 1. The molecule has 0 aliphatic rings. The summed E-state index contributed by atoms with van der Waals surface area (Å²) in [5, 5.41) is 0.804. The van der Waals surface area contributed by atoms with Crippen molar-refractivity contribution in [2.75, 3.05) is 0 Å². The van der Waals surface area contributed by atoms with Crippen LogP contribution in [0.2, 0.25) is 0 Å². The topological polar surface area (TPSA) is 55.0 Å². The normalized spacial score (nSPS) is 10.8. The smallest absolute Gasteiger partial charge is 0.355 e. The van der Waals surface area contributed by atoms with Gasteiger partial charge < -0.3 is 9.72 Å². The number of hydrogen-bond acceptors (Lipinski definition) is 4. The molecule has 96 valence electrons. The van der Waals surface area contributed by atoms with Crippen molar-refractivity contribution < 1.29 is 9.53 Å². The third kappa shape index (κ3) is 2.37. The van der Waals surface area contributed by atoms with Crippen molar-refractivity contribution in [1.82, 2.24) is 9.97 Å². The molecule has 0 atom stereocenters. The van der Waals surface area contributed by atoms with E-state index < -0.39 is 0 Å². The van der Waals surface area contributed by atoms with E-state index in [9.17, 15) is 4.79 Å². The molecule has 0 radical (unpaired) electrons. The summed E-state index contributed by atoms with van der Waals surface area (Å²) in [5.74, 6) is -0.346. The summed E-state index contributed by atoms with van der Waals surface area (Å²) >= 11 is 1.54. The van der Waals surface area contributed by atoms with Gasteiger partial charge in [0.05, 0.1) is 10.2 Å². The van der Waals surface area contributed by atoms with E-state index in [1.807, 2.05) is 37.3 Å². The van der Waals surface area contributed by atoms with E-state index >= 15 is 0 Å². The molecule has 0 saturated heterocycles. The van der Waals surface area contributed by atoms with Crippen molar-refractivity contribution >= 4 is 27.5 Å². The fraction of sp³-hybridized carbons (Fsp3) is 0.143. The Labute approximate surface area is 114 Å². The fourth-order valence-corrected chi connectivity index (χ4v) is 2.73. The van der Waals surface area contributed by atoms with Crippen LogP contribution in [-0.2, 0) is 11.3 Å². The minimum absolute atomic E-state index is 0.205. The minimum Gasteiger partial charge on any atom is -0.454 e. The molecule has 0 fully saturated rings. The molecule has 0 aliphatic carbocycles. The summed E-state index contributed by atoms with van der Waals surface area (Å²) in [7, 11) is 0. The number of benzene rings is 1. The summed E-state index contributed by atoms with van der Waals surface area (Å²) in [5.41, 5.74) is 2.32. The van der Waals surface area contributed by atoms with E-state index in [0.29, 0.717) is 5.69 Å². The highest BCUT2D eigenvalue weighted by molar-refractivity contribution is 7.18. The molecule has 19 heavy (non-hydrogen) atoms. The van der Waals surface area contributed by atoms with Gasteiger partial charge in [0.25, 0.3) is 0 Å². The lowest BCUT2D eigenvalue weighted by Crippen LogP contribution is -2.06. The van der Waals surface area contributed by atoms with Crippen LogP contribution in [0.5, 0.6) is 0 Å². The van der Waals surface area contributed by atoms with Crippen molar-refractivity contribution in [3.05, 3.63) is 52.8 Å². The molecule has 2 heterocycles. The number of nitrogens with zero attached hydrogens (tertiary/aromatic N) is 1. The van der Waals surface area contributed by atoms with Crippen LogP contribution in [0.1, 0.15) is 21.1 Å². The molecular formula is C14H12N2O2S. The molecule has 5 heteroatoms. The van der Waals surface area contributed by atoms with Crippen molar-refractivity contribution in [3.8, 4) is 0 Å². The number of rotatable bonds is 3. The zero-order chi connectivity index (χ0) is 13.2. The molecule has 1 N–H and O–H groups in total. The van der Waals surface area contributed by atoms with Gasteiger partial charge in [-0.1, -0.05) is 12.1 Å². The number of aromatic amines is 1. The van der Waals surface area contributed by atoms with Crippen molar-refractivity contribution in [2.24, 2.45) is 0 Å². The first-order valence-corrected chi connectivity index (χ1v) is 6.71. The van der Waals surface area contributed by atoms with Gasteiger partial charge in [-0.25, -0.2) is 9.78 Å². The molecule has 0 aliphatic heterocycles. The van der Waals surface area contributed by atoms with Crippen LogP contribution in [0.25, 0.3) is 10.2 Å². The average Bonchev–Trinajstić information content (AvgIpc) is 3.01. The van der Waals surface area contributed by atoms with Crippen molar-refractivity contribution in [2.45, 2.75) is 13.5 Å². The number of esters is 1. The highest BCUT2D eigenvalue weighted by Crippen LogP contribution is 2.22. The largest absolute Gasteiger partial charge is 0.454 e. The maximum Gasteiger partial charge on any atom is 0.355 e. The fourth-order valence-electron chi connectivity index (χ4n) is 1.85. The summed E-state index contributed by atoms with van der Waals surface area (Å²) in [6.45, 7) is 2.07. The first-order chi connectivity index (χ1) is 9.24. The summed E-state index contributed by atoms with van der Waals surface area (Å²) in [4.78, 5) is 19.1. The Morgan fingerprint density at radius 1 is 1.37 bits per heavy atom. The number of para-hydroxylation sites is 1. The number of aryl methyl sites for hydroxylation is 1. The van der Waals surface area contributed by atoms with Gasteiger partial charge in [-0.2, -0.15) is 0 Å². The maximum absolute atomic E-state index is 11.8. The second-order valence-electron chi connectivity index (χ2n) is 4.19. The number of carbonyl (C=O) groups is 1. The molecule has 0 spiro atoms. The van der Waals surface area contributed by atoms with E-state index in [4.69, 9.17) is 4.74 Å². The number of hydrogen-bond donors (Lipinski definition) is 1. The zero-order valence-corrected chi connectivity index (χ0v) is 11.2. The Bertz CT molecular complexity index is 697. The van der Waals surface area contributed by atoms with Crippen LogP contribution < -0.4 is 0 Å². The van der Waals surface area contributed by atoms with Crippen molar-refractivity contribution in [3.63, 3.8) is 0 Å². The van der Waals surface area contributed by atoms with Crippen LogP contribution in [0, 0.1) is 6.92 Å². The van der Waals surface area contributed by atoms with Crippen LogP contribution in [0.15, 0.2) is 36.5 Å². The minimum atomic E-state index is -0.346. The van der Waals surface area contributed by atoms with Gasteiger partial charge >= 0.3 is 5.97 Å². The van der Waals surface area contributed by atoms with Crippen LogP contribution in [0.3, 0.4) is 0 Å². The predicted molar refractivity (Wildman–Crippen MR) is 74.3 cm³/mol. The number of thiazole rings is 1. The third-order valence-electron chi connectivity index (χ3n) is 2.82. The van der Waals surface area contributed by atoms with E-state index in [1.165, 1.54) is 0 Å². The quantitative estimate of drug-likeness (QED) is 0.744. The van der Waals surface area contributed by atoms with Gasteiger partial charge in [0, 0.05) is 6.20 Å². The summed E-state index contributed by atoms with van der Waals surface area (Å²) in [6, 6.07) is 9.72. The summed E-state index contributed by atoms with van der Waals surface area (Å²) < 4.78 is 6.36. The Morgan fingerprint density at radius 2 is 2.21 bits per heavy atom. The first-order valence-electron chi connectivity index (χ1n) is 5.89. The Hall–Kier alpha value is -2.14. The summed E-state index contributed by atoms with van der Waals surface area (Å²) in [6.07, 6.45) is 1.73. The number of fused-ring (bicyclic) bond motifs is 1. The Balaban J connectivity index is 1.72. The van der Waals surface area contributed by atoms with Crippen LogP contribution in [0.4, 0.5) is 0 Å².